The van der Waals surface area contributed by atoms with Gasteiger partial charge in [-0.3, -0.25) is 14.2 Å². The summed E-state index contributed by atoms with van der Waals surface area (Å²) in [5.41, 5.74) is -0.654. The third-order valence-corrected chi connectivity index (χ3v) is 7.29. The van der Waals surface area contributed by atoms with Gasteiger partial charge in [0.1, 0.15) is 6.04 Å². The molecule has 0 radical (unpaired) electrons. The number of hydrogen-bond acceptors (Lipinski definition) is 3. The number of halogens is 3. The molecule has 0 unspecified atom stereocenters. The molecule has 2 aromatic heterocycles. The normalized spacial score (nSPS) is 31.2. The minimum atomic E-state index is -4.54. The van der Waals surface area contributed by atoms with Crippen molar-refractivity contribution in [2.75, 3.05) is 5.32 Å². The topological polar surface area (TPSA) is 64.7 Å². The molecule has 4 aliphatic carbocycles. The van der Waals surface area contributed by atoms with Crippen LogP contribution in [0.2, 0.25) is 0 Å². The first-order chi connectivity index (χ1) is 14.1. The van der Waals surface area contributed by atoms with Crippen LogP contribution in [0.4, 0.5) is 19.0 Å². The maximum absolute atomic E-state index is 12.9. The maximum atomic E-state index is 12.9. The minimum absolute atomic E-state index is 0.0591. The lowest BCUT2D eigenvalue weighted by Crippen LogP contribution is -2.52. The van der Waals surface area contributed by atoms with Crippen molar-refractivity contribution in [2.45, 2.75) is 70.1 Å². The third-order valence-electron chi connectivity index (χ3n) is 7.29. The molecule has 1 atom stereocenters. The maximum Gasteiger partial charge on any atom is 0.435 e. The van der Waals surface area contributed by atoms with Crippen molar-refractivity contribution in [3.8, 4) is 0 Å². The largest absolute Gasteiger partial charge is 0.435 e. The van der Waals surface area contributed by atoms with Gasteiger partial charge in [-0.05, 0) is 76.2 Å². The third kappa shape index (κ3) is 3.22. The van der Waals surface area contributed by atoms with E-state index >= 15 is 0 Å². The Bertz CT molecular complexity index is 940. The van der Waals surface area contributed by atoms with Crippen molar-refractivity contribution in [1.29, 1.82) is 0 Å². The number of hydrogen-bond donors (Lipinski definition) is 1. The highest BCUT2D eigenvalue weighted by Crippen LogP contribution is 2.58. The molecule has 4 saturated carbocycles. The Morgan fingerprint density at radius 2 is 1.77 bits per heavy atom. The molecule has 6 nitrogen and oxygen atoms in total. The van der Waals surface area contributed by atoms with E-state index in [1.165, 1.54) is 33.1 Å². The summed E-state index contributed by atoms with van der Waals surface area (Å²) in [6.45, 7) is 3.04. The number of carbonyl (C=O) groups is 1. The van der Waals surface area contributed by atoms with Crippen LogP contribution in [0.25, 0.3) is 0 Å². The van der Waals surface area contributed by atoms with E-state index in [4.69, 9.17) is 0 Å². The van der Waals surface area contributed by atoms with Crippen molar-refractivity contribution in [1.82, 2.24) is 19.6 Å². The molecule has 6 rings (SSSR count). The van der Waals surface area contributed by atoms with Gasteiger partial charge in [-0.25, -0.2) is 0 Å². The quantitative estimate of drug-likeness (QED) is 0.789. The molecular weight excluding hydrogens is 395 g/mol. The van der Waals surface area contributed by atoms with Crippen LogP contribution in [0.15, 0.2) is 18.3 Å². The first-order valence-corrected chi connectivity index (χ1v) is 10.6. The first-order valence-electron chi connectivity index (χ1n) is 10.6. The standard InChI is InChI=1S/C21H26F3N5O/c1-12-5-17(21(22,23)24)26-29(12)13(2)19(30)25-18-3-4-28(27-18)20-9-14-6-15(10-20)8-16(7-14)11-20/h3-5,13-16H,6-11H2,1-2H3,(H,25,27,30)/t13-,14?,15?,16?,20?/m1/s1. The Morgan fingerprint density at radius 3 is 2.30 bits per heavy atom. The lowest BCUT2D eigenvalue weighted by atomic mass is 9.53. The zero-order valence-electron chi connectivity index (χ0n) is 17.1. The molecule has 9 heteroatoms. The van der Waals surface area contributed by atoms with Gasteiger partial charge in [0, 0.05) is 18.0 Å². The molecule has 1 amide bonds. The molecule has 0 spiro atoms. The van der Waals surface area contributed by atoms with Crippen LogP contribution in [-0.4, -0.2) is 25.5 Å². The summed E-state index contributed by atoms with van der Waals surface area (Å²) < 4.78 is 41.9. The highest BCUT2D eigenvalue weighted by atomic mass is 19.4. The van der Waals surface area contributed by atoms with Gasteiger partial charge < -0.3 is 5.32 Å². The monoisotopic (exact) mass is 421 g/mol. The van der Waals surface area contributed by atoms with Gasteiger partial charge in [0.25, 0.3) is 0 Å². The Labute approximate surface area is 172 Å². The fraction of sp³-hybridized carbons (Fsp3) is 0.667. The van der Waals surface area contributed by atoms with Gasteiger partial charge in [0.15, 0.2) is 11.5 Å². The van der Waals surface area contributed by atoms with E-state index in [1.54, 1.807) is 6.07 Å². The van der Waals surface area contributed by atoms with Crippen molar-refractivity contribution >= 4 is 11.7 Å². The van der Waals surface area contributed by atoms with E-state index in [1.807, 2.05) is 10.9 Å². The van der Waals surface area contributed by atoms with Gasteiger partial charge in [0.2, 0.25) is 5.91 Å². The van der Waals surface area contributed by atoms with Crippen LogP contribution in [-0.2, 0) is 16.5 Å². The molecule has 4 bridgehead atoms. The number of nitrogens with one attached hydrogen (secondary N) is 1. The molecule has 4 fully saturated rings. The number of rotatable bonds is 4. The lowest BCUT2D eigenvalue weighted by molar-refractivity contribution is -0.141. The van der Waals surface area contributed by atoms with E-state index in [9.17, 15) is 18.0 Å². The van der Waals surface area contributed by atoms with E-state index in [0.29, 0.717) is 5.82 Å². The smallest absolute Gasteiger partial charge is 0.307 e. The van der Waals surface area contributed by atoms with Gasteiger partial charge in [-0.2, -0.15) is 23.4 Å². The van der Waals surface area contributed by atoms with Crippen LogP contribution in [0.5, 0.6) is 0 Å². The van der Waals surface area contributed by atoms with Crippen molar-refractivity contribution in [3.63, 3.8) is 0 Å². The molecule has 1 N–H and O–H groups in total. The molecule has 2 heterocycles. The highest BCUT2D eigenvalue weighted by Gasteiger charge is 2.52. The average Bonchev–Trinajstić information content (AvgIpc) is 3.27. The predicted octanol–water partition coefficient (Wildman–Crippen LogP) is 4.53. The SMILES string of the molecule is Cc1cc(C(F)(F)F)nn1[C@H](C)C(=O)Nc1ccn(C23CC4CC(CC(C4)C2)C3)n1. The van der Waals surface area contributed by atoms with Crippen molar-refractivity contribution in [3.05, 3.63) is 29.7 Å². The molecular formula is C21H26F3N5O. The molecule has 0 aromatic carbocycles. The molecule has 4 aliphatic rings. The fourth-order valence-corrected chi connectivity index (χ4v) is 6.36. The fourth-order valence-electron chi connectivity index (χ4n) is 6.36. The summed E-state index contributed by atoms with van der Waals surface area (Å²) in [5.74, 6) is 2.34. The zero-order chi connectivity index (χ0) is 21.3. The second-order valence-electron chi connectivity index (χ2n) is 9.57. The van der Waals surface area contributed by atoms with Crippen LogP contribution in [0.3, 0.4) is 0 Å². The molecule has 2 aromatic rings. The van der Waals surface area contributed by atoms with E-state index in [0.717, 1.165) is 47.8 Å². The average molecular weight is 421 g/mol. The number of aryl methyl sites for hydroxylation is 1. The Kier molecular flexibility index (Phi) is 4.31. The Balaban J connectivity index is 1.31. The number of alkyl halides is 3. The Morgan fingerprint density at radius 1 is 1.17 bits per heavy atom. The Hall–Kier alpha value is -2.32. The molecule has 30 heavy (non-hydrogen) atoms. The lowest BCUT2D eigenvalue weighted by Gasteiger charge is -2.56. The van der Waals surface area contributed by atoms with E-state index in [2.05, 4.69) is 15.5 Å². The van der Waals surface area contributed by atoms with E-state index in [-0.39, 0.29) is 11.2 Å². The van der Waals surface area contributed by atoms with Crippen LogP contribution in [0.1, 0.15) is 62.9 Å². The van der Waals surface area contributed by atoms with Crippen molar-refractivity contribution in [2.24, 2.45) is 17.8 Å². The second-order valence-corrected chi connectivity index (χ2v) is 9.57. The van der Waals surface area contributed by atoms with Gasteiger partial charge >= 0.3 is 6.18 Å². The minimum Gasteiger partial charge on any atom is -0.307 e. The summed E-state index contributed by atoms with van der Waals surface area (Å²) in [7, 11) is 0. The van der Waals surface area contributed by atoms with Crippen molar-refractivity contribution < 1.29 is 18.0 Å². The number of nitrogens with zero attached hydrogens (tertiary/aromatic N) is 4. The van der Waals surface area contributed by atoms with Crippen LogP contribution >= 0.6 is 0 Å². The molecule has 162 valence electrons. The number of carbonyl (C=O) groups excluding carboxylic acids is 1. The van der Waals surface area contributed by atoms with E-state index < -0.39 is 23.8 Å². The summed E-state index contributed by atoms with van der Waals surface area (Å²) in [4.78, 5) is 12.7. The number of aromatic nitrogens is 4. The number of amides is 1. The summed E-state index contributed by atoms with van der Waals surface area (Å²) >= 11 is 0. The second kappa shape index (κ2) is 6.59. The number of anilines is 1. The van der Waals surface area contributed by atoms with Crippen LogP contribution < -0.4 is 5.32 Å². The summed E-state index contributed by atoms with van der Waals surface area (Å²) in [5, 5.41) is 11.0. The predicted molar refractivity (Wildman–Crippen MR) is 104 cm³/mol. The van der Waals surface area contributed by atoms with Gasteiger partial charge in [0.05, 0.1) is 5.54 Å². The zero-order valence-corrected chi connectivity index (χ0v) is 17.1. The van der Waals surface area contributed by atoms with Gasteiger partial charge in [-0.1, -0.05) is 0 Å². The summed E-state index contributed by atoms with van der Waals surface area (Å²) in [6, 6.07) is 1.84. The molecule has 0 aliphatic heterocycles. The van der Waals surface area contributed by atoms with Gasteiger partial charge in [-0.15, -0.1) is 0 Å². The first kappa shape index (κ1) is 19.6. The highest BCUT2D eigenvalue weighted by molar-refractivity contribution is 5.92. The molecule has 0 saturated heterocycles. The summed E-state index contributed by atoms with van der Waals surface area (Å²) in [6.07, 6.45) is 4.86. The van der Waals surface area contributed by atoms with Crippen LogP contribution in [0, 0.1) is 24.7 Å².